The third-order valence-electron chi connectivity index (χ3n) is 13.7. The maximum Gasteiger partial charge on any atom is 0.159 e. The van der Waals surface area contributed by atoms with E-state index in [2.05, 4.69) is 264 Å². The fraction of sp³-hybridized carbons (Fsp3) is 0. The third-order valence-corrected chi connectivity index (χ3v) is 13.7. The molecule has 0 aliphatic heterocycles. The molecule has 69 heavy (non-hydrogen) atoms. The van der Waals surface area contributed by atoms with Crippen molar-refractivity contribution >= 4 is 60.8 Å². The largest absolute Gasteiger partial charge is 0.454 e. The van der Waals surface area contributed by atoms with Crippen molar-refractivity contribution in [3.05, 3.63) is 267 Å². The van der Waals surface area contributed by atoms with Crippen LogP contribution in [-0.2, 0) is 0 Å². The lowest BCUT2D eigenvalue weighted by atomic mass is 9.98. The van der Waals surface area contributed by atoms with Gasteiger partial charge in [-0.05, 0) is 105 Å². The normalized spacial score (nSPS) is 11.5. The molecule has 0 unspecified atom stereocenters. The van der Waals surface area contributed by atoms with E-state index in [1.165, 1.54) is 55.2 Å². The summed E-state index contributed by atoms with van der Waals surface area (Å²) in [4.78, 5) is 2.31. The van der Waals surface area contributed by atoms with Gasteiger partial charge in [0.1, 0.15) is 5.58 Å². The Morgan fingerprint density at radius 1 is 0.290 bits per heavy atom. The molecule has 0 fully saturated rings. The Balaban J connectivity index is 0.849. The molecule has 0 spiro atoms. The van der Waals surface area contributed by atoms with E-state index in [1.54, 1.807) is 0 Å². The van der Waals surface area contributed by atoms with E-state index in [0.717, 1.165) is 66.9 Å². The molecule has 324 valence electrons. The molecule has 13 aromatic rings. The van der Waals surface area contributed by atoms with E-state index in [1.807, 2.05) is 12.1 Å². The number of anilines is 3. The van der Waals surface area contributed by atoms with Crippen LogP contribution >= 0.6 is 0 Å². The van der Waals surface area contributed by atoms with Crippen LogP contribution in [0.4, 0.5) is 17.1 Å². The molecule has 2 aromatic heterocycles. The standard InChI is InChI=1S/C66H44N2O/c1-3-14-45(15-4-1)47-26-28-48(29-27-47)50-34-39-54(40-35-50)67(63-24-13-21-60-59-20-9-12-25-65(59)69-66(60)63)55-41-36-51(37-42-55)49-30-32-52(33-31-49)56-18-7-10-22-61(56)68-62-23-11-8-19-57(62)58-43-38-53(44-64(58)68)46-16-5-2-6-17-46/h1-44H. The molecule has 0 aliphatic carbocycles. The van der Waals surface area contributed by atoms with Crippen molar-refractivity contribution in [3.63, 3.8) is 0 Å². The molecule has 0 saturated carbocycles. The van der Waals surface area contributed by atoms with Gasteiger partial charge in [0.2, 0.25) is 0 Å². The highest BCUT2D eigenvalue weighted by Crippen LogP contribution is 2.44. The summed E-state index contributed by atoms with van der Waals surface area (Å²) in [5, 5.41) is 4.69. The van der Waals surface area contributed by atoms with Crippen molar-refractivity contribution in [3.8, 4) is 61.3 Å². The SMILES string of the molecule is c1ccc(-c2ccc(-c3ccc(N(c4ccc(-c5ccc(-c6ccccc6-n6c7ccccc7c7ccc(-c8ccccc8)cc76)cc5)cc4)c4cccc5c4oc4ccccc45)cc3)cc2)cc1. The van der Waals surface area contributed by atoms with E-state index in [9.17, 15) is 0 Å². The minimum Gasteiger partial charge on any atom is -0.454 e. The van der Waals surface area contributed by atoms with Crippen molar-refractivity contribution in [1.29, 1.82) is 0 Å². The first-order valence-corrected chi connectivity index (χ1v) is 23.6. The number of para-hydroxylation sites is 4. The number of nitrogens with zero attached hydrogens (tertiary/aromatic N) is 2. The molecule has 0 atom stereocenters. The van der Waals surface area contributed by atoms with Crippen LogP contribution in [-0.4, -0.2) is 4.57 Å². The summed E-state index contributed by atoms with van der Waals surface area (Å²) in [6.45, 7) is 0. The van der Waals surface area contributed by atoms with Gasteiger partial charge < -0.3 is 13.9 Å². The second kappa shape index (κ2) is 16.9. The van der Waals surface area contributed by atoms with Crippen LogP contribution < -0.4 is 4.90 Å². The zero-order valence-corrected chi connectivity index (χ0v) is 37.7. The van der Waals surface area contributed by atoms with Gasteiger partial charge in [-0.1, -0.05) is 212 Å². The quantitative estimate of drug-likeness (QED) is 0.144. The van der Waals surface area contributed by atoms with Gasteiger partial charge in [-0.3, -0.25) is 0 Å². The first kappa shape index (κ1) is 40.1. The van der Waals surface area contributed by atoms with E-state index in [0.29, 0.717) is 0 Å². The van der Waals surface area contributed by atoms with Gasteiger partial charge in [-0.25, -0.2) is 0 Å². The predicted molar refractivity (Wildman–Crippen MR) is 290 cm³/mol. The van der Waals surface area contributed by atoms with Crippen molar-refractivity contribution < 1.29 is 4.42 Å². The minimum atomic E-state index is 0.858. The van der Waals surface area contributed by atoms with Crippen LogP contribution in [0.15, 0.2) is 271 Å². The number of benzene rings is 11. The fourth-order valence-corrected chi connectivity index (χ4v) is 10.2. The fourth-order valence-electron chi connectivity index (χ4n) is 10.2. The molecule has 3 heteroatoms. The molecular formula is C66H44N2O. The smallest absolute Gasteiger partial charge is 0.159 e. The molecule has 0 amide bonds. The molecule has 0 bridgehead atoms. The Hall–Kier alpha value is -9.18. The molecule has 2 heterocycles. The highest BCUT2D eigenvalue weighted by Gasteiger charge is 2.21. The summed E-state index contributed by atoms with van der Waals surface area (Å²) in [5.41, 5.74) is 20.2. The number of furan rings is 1. The minimum absolute atomic E-state index is 0.858. The lowest BCUT2D eigenvalue weighted by molar-refractivity contribution is 0.669. The average molecular weight is 881 g/mol. The zero-order valence-electron chi connectivity index (χ0n) is 37.7. The third kappa shape index (κ3) is 7.16. The molecule has 11 aromatic carbocycles. The van der Waals surface area contributed by atoms with Crippen LogP contribution in [0.5, 0.6) is 0 Å². The number of rotatable bonds is 9. The summed E-state index contributed by atoms with van der Waals surface area (Å²) >= 11 is 0. The molecule has 3 nitrogen and oxygen atoms in total. The first-order chi connectivity index (χ1) is 34.2. The maximum absolute atomic E-state index is 6.64. The molecule has 13 rings (SSSR count). The number of aromatic nitrogens is 1. The molecule has 0 radical (unpaired) electrons. The van der Waals surface area contributed by atoms with Gasteiger partial charge >= 0.3 is 0 Å². The highest BCUT2D eigenvalue weighted by molar-refractivity contribution is 6.12. The van der Waals surface area contributed by atoms with Gasteiger partial charge in [-0.2, -0.15) is 0 Å². The second-order valence-corrected chi connectivity index (χ2v) is 17.7. The van der Waals surface area contributed by atoms with Gasteiger partial charge in [-0.15, -0.1) is 0 Å². The summed E-state index contributed by atoms with van der Waals surface area (Å²) in [6.07, 6.45) is 0. The topological polar surface area (TPSA) is 21.3 Å². The number of fused-ring (bicyclic) bond motifs is 6. The van der Waals surface area contributed by atoms with Crippen molar-refractivity contribution in [2.24, 2.45) is 0 Å². The van der Waals surface area contributed by atoms with Gasteiger partial charge in [0, 0.05) is 38.5 Å². The van der Waals surface area contributed by atoms with E-state index in [4.69, 9.17) is 4.42 Å². The summed E-state index contributed by atoms with van der Waals surface area (Å²) in [7, 11) is 0. The monoisotopic (exact) mass is 880 g/mol. The van der Waals surface area contributed by atoms with E-state index >= 15 is 0 Å². The van der Waals surface area contributed by atoms with Gasteiger partial charge in [0.05, 0.1) is 22.4 Å². The predicted octanol–water partition coefficient (Wildman–Crippen LogP) is 18.5. The van der Waals surface area contributed by atoms with Gasteiger partial charge in [0.25, 0.3) is 0 Å². The Morgan fingerprint density at radius 2 is 0.739 bits per heavy atom. The van der Waals surface area contributed by atoms with Crippen LogP contribution in [0, 0.1) is 0 Å². The Bertz CT molecular complexity index is 3960. The Morgan fingerprint density at radius 3 is 1.38 bits per heavy atom. The molecule has 0 saturated heterocycles. The lowest BCUT2D eigenvalue weighted by Gasteiger charge is -2.26. The van der Waals surface area contributed by atoms with Crippen LogP contribution in [0.3, 0.4) is 0 Å². The Kier molecular flexibility index (Phi) is 9.84. The van der Waals surface area contributed by atoms with E-state index < -0.39 is 0 Å². The summed E-state index contributed by atoms with van der Waals surface area (Å²) < 4.78 is 9.08. The van der Waals surface area contributed by atoms with Crippen LogP contribution in [0.25, 0.3) is 105 Å². The van der Waals surface area contributed by atoms with Crippen LogP contribution in [0.1, 0.15) is 0 Å². The van der Waals surface area contributed by atoms with Crippen molar-refractivity contribution in [1.82, 2.24) is 4.57 Å². The average Bonchev–Trinajstić information content (AvgIpc) is 3.98. The van der Waals surface area contributed by atoms with Crippen molar-refractivity contribution in [2.45, 2.75) is 0 Å². The highest BCUT2D eigenvalue weighted by atomic mass is 16.3. The molecule has 0 aliphatic rings. The summed E-state index contributed by atoms with van der Waals surface area (Å²) in [6, 6.07) is 95.9. The number of hydrogen-bond acceptors (Lipinski definition) is 2. The molecular weight excluding hydrogens is 837 g/mol. The van der Waals surface area contributed by atoms with Crippen molar-refractivity contribution in [2.75, 3.05) is 4.90 Å². The summed E-state index contributed by atoms with van der Waals surface area (Å²) in [5.74, 6) is 0. The van der Waals surface area contributed by atoms with Gasteiger partial charge in [0.15, 0.2) is 5.58 Å². The first-order valence-electron chi connectivity index (χ1n) is 23.6. The lowest BCUT2D eigenvalue weighted by Crippen LogP contribution is -2.10. The van der Waals surface area contributed by atoms with E-state index in [-0.39, 0.29) is 0 Å². The second-order valence-electron chi connectivity index (χ2n) is 17.7. The molecule has 0 N–H and O–H groups in total. The van der Waals surface area contributed by atoms with Crippen LogP contribution in [0.2, 0.25) is 0 Å². The zero-order chi connectivity index (χ0) is 45.7. The Labute approximate surface area is 401 Å². The maximum atomic E-state index is 6.64. The number of hydrogen-bond donors (Lipinski definition) is 0.